The highest BCUT2D eigenvalue weighted by molar-refractivity contribution is 6.30. The van der Waals surface area contributed by atoms with Gasteiger partial charge in [-0.15, -0.1) is 0 Å². The smallest absolute Gasteiger partial charge is 0.256 e. The van der Waals surface area contributed by atoms with Crippen LogP contribution in [0.3, 0.4) is 0 Å². The number of hydrogen-bond donors (Lipinski definition) is 1. The second-order valence-electron chi connectivity index (χ2n) is 4.82. The fourth-order valence-electron chi connectivity index (χ4n) is 2.34. The maximum Gasteiger partial charge on any atom is 0.256 e. The summed E-state index contributed by atoms with van der Waals surface area (Å²) in [5.41, 5.74) is 5.23. The zero-order valence-electron chi connectivity index (χ0n) is 10.4. The van der Waals surface area contributed by atoms with Crippen LogP contribution in [0, 0.1) is 17.7 Å². The van der Waals surface area contributed by atoms with Crippen LogP contribution in [-0.4, -0.2) is 29.8 Å². The van der Waals surface area contributed by atoms with E-state index in [9.17, 15) is 14.0 Å². The minimum atomic E-state index is -0.660. The molecular formula is C13H14ClFN2O2. The Morgan fingerprint density at radius 2 is 2.11 bits per heavy atom. The molecule has 1 heterocycles. The zero-order valence-corrected chi connectivity index (χ0v) is 11.2. The standard InChI is InChI=1S/C13H14ClFN2O2/c1-7-5-17(6-10(7)12(16)18)13(19)9-3-2-8(14)4-11(9)15/h2-4,7,10H,5-6H2,1H3,(H2,16,18)/t7-,10-/m1/s1. The van der Waals surface area contributed by atoms with Gasteiger partial charge in [0, 0.05) is 18.1 Å². The minimum Gasteiger partial charge on any atom is -0.369 e. The summed E-state index contributed by atoms with van der Waals surface area (Å²) in [6.45, 7) is 2.48. The van der Waals surface area contributed by atoms with Crippen LogP contribution in [0.4, 0.5) is 4.39 Å². The average Bonchev–Trinajstić information content (AvgIpc) is 2.70. The summed E-state index contributed by atoms with van der Waals surface area (Å²) < 4.78 is 13.7. The van der Waals surface area contributed by atoms with Crippen LogP contribution < -0.4 is 5.73 Å². The van der Waals surface area contributed by atoms with E-state index in [2.05, 4.69) is 0 Å². The summed E-state index contributed by atoms with van der Waals surface area (Å²) in [6.07, 6.45) is 0. The molecule has 0 unspecified atom stereocenters. The van der Waals surface area contributed by atoms with E-state index in [-0.39, 0.29) is 29.0 Å². The Hall–Kier alpha value is -1.62. The third-order valence-corrected chi connectivity index (χ3v) is 3.66. The lowest BCUT2D eigenvalue weighted by Gasteiger charge is -2.16. The van der Waals surface area contributed by atoms with Gasteiger partial charge in [-0.05, 0) is 24.1 Å². The van der Waals surface area contributed by atoms with Gasteiger partial charge in [-0.2, -0.15) is 0 Å². The molecule has 0 spiro atoms. The van der Waals surface area contributed by atoms with Gasteiger partial charge >= 0.3 is 0 Å². The number of primary amides is 1. The number of benzene rings is 1. The van der Waals surface area contributed by atoms with E-state index in [1.807, 2.05) is 6.92 Å². The van der Waals surface area contributed by atoms with E-state index in [4.69, 9.17) is 17.3 Å². The van der Waals surface area contributed by atoms with E-state index >= 15 is 0 Å². The van der Waals surface area contributed by atoms with Gasteiger partial charge in [-0.3, -0.25) is 9.59 Å². The fourth-order valence-corrected chi connectivity index (χ4v) is 2.50. The lowest BCUT2D eigenvalue weighted by Crippen LogP contribution is -2.32. The Morgan fingerprint density at radius 1 is 1.42 bits per heavy atom. The molecule has 2 N–H and O–H groups in total. The molecule has 0 aliphatic carbocycles. The Kier molecular flexibility index (Phi) is 3.75. The van der Waals surface area contributed by atoms with Crippen LogP contribution in [0.5, 0.6) is 0 Å². The van der Waals surface area contributed by atoms with Gasteiger partial charge in [0.1, 0.15) is 5.82 Å². The molecule has 1 aromatic rings. The molecule has 1 aliphatic rings. The first kappa shape index (κ1) is 13.8. The zero-order chi connectivity index (χ0) is 14.2. The molecule has 102 valence electrons. The van der Waals surface area contributed by atoms with E-state index in [1.54, 1.807) is 0 Å². The quantitative estimate of drug-likeness (QED) is 0.898. The molecule has 1 aromatic carbocycles. The van der Waals surface area contributed by atoms with E-state index in [1.165, 1.54) is 17.0 Å². The van der Waals surface area contributed by atoms with Crippen LogP contribution in [0.1, 0.15) is 17.3 Å². The molecule has 0 saturated carbocycles. The monoisotopic (exact) mass is 284 g/mol. The molecule has 1 fully saturated rings. The maximum absolute atomic E-state index is 13.7. The van der Waals surface area contributed by atoms with E-state index in [0.717, 1.165) is 6.07 Å². The average molecular weight is 285 g/mol. The van der Waals surface area contributed by atoms with Crippen molar-refractivity contribution in [2.75, 3.05) is 13.1 Å². The molecule has 0 radical (unpaired) electrons. The number of likely N-dealkylation sites (tertiary alicyclic amines) is 1. The molecule has 2 rings (SSSR count). The van der Waals surface area contributed by atoms with Crippen LogP contribution in [0.15, 0.2) is 18.2 Å². The number of carbonyl (C=O) groups is 2. The van der Waals surface area contributed by atoms with E-state index < -0.39 is 17.6 Å². The third kappa shape index (κ3) is 2.71. The fraction of sp³-hybridized carbons (Fsp3) is 0.385. The van der Waals surface area contributed by atoms with Crippen LogP contribution >= 0.6 is 11.6 Å². The van der Waals surface area contributed by atoms with Gasteiger partial charge in [-0.25, -0.2) is 4.39 Å². The molecule has 1 aliphatic heterocycles. The van der Waals surface area contributed by atoms with Crippen LogP contribution in [0.2, 0.25) is 5.02 Å². The second kappa shape index (κ2) is 5.17. The summed E-state index contributed by atoms with van der Waals surface area (Å²) in [5, 5.41) is 0.235. The molecule has 0 bridgehead atoms. The number of hydrogen-bond acceptors (Lipinski definition) is 2. The van der Waals surface area contributed by atoms with Crippen LogP contribution in [0.25, 0.3) is 0 Å². The van der Waals surface area contributed by atoms with Crippen molar-refractivity contribution in [3.05, 3.63) is 34.6 Å². The van der Waals surface area contributed by atoms with Crippen molar-refractivity contribution in [2.24, 2.45) is 17.6 Å². The lowest BCUT2D eigenvalue weighted by molar-refractivity contribution is -0.122. The molecular weight excluding hydrogens is 271 g/mol. The Bertz CT molecular complexity index is 535. The third-order valence-electron chi connectivity index (χ3n) is 3.43. The van der Waals surface area contributed by atoms with Gasteiger partial charge in [0.05, 0.1) is 11.5 Å². The molecule has 4 nitrogen and oxygen atoms in total. The topological polar surface area (TPSA) is 63.4 Å². The Balaban J connectivity index is 2.19. The highest BCUT2D eigenvalue weighted by Gasteiger charge is 2.36. The second-order valence-corrected chi connectivity index (χ2v) is 5.26. The predicted octanol–water partition coefficient (Wildman–Crippen LogP) is 1.67. The van der Waals surface area contributed by atoms with Gasteiger partial charge < -0.3 is 10.6 Å². The number of nitrogens with zero attached hydrogens (tertiary/aromatic N) is 1. The van der Waals surface area contributed by atoms with Crippen molar-refractivity contribution in [1.82, 2.24) is 4.90 Å². The van der Waals surface area contributed by atoms with Crippen molar-refractivity contribution < 1.29 is 14.0 Å². The van der Waals surface area contributed by atoms with Gasteiger partial charge in [0.15, 0.2) is 0 Å². The summed E-state index contributed by atoms with van der Waals surface area (Å²) in [5.74, 6) is -1.92. The number of carbonyl (C=O) groups excluding carboxylic acids is 2. The van der Waals surface area contributed by atoms with Crippen molar-refractivity contribution in [3.63, 3.8) is 0 Å². The first-order chi connectivity index (χ1) is 8.90. The summed E-state index contributed by atoms with van der Waals surface area (Å²) in [4.78, 5) is 24.9. The van der Waals surface area contributed by atoms with Gasteiger partial charge in [0.2, 0.25) is 5.91 Å². The first-order valence-corrected chi connectivity index (χ1v) is 6.31. The summed E-state index contributed by atoms with van der Waals surface area (Å²) in [7, 11) is 0. The molecule has 6 heteroatoms. The van der Waals surface area contributed by atoms with Gasteiger partial charge in [0.25, 0.3) is 5.91 Å². The first-order valence-electron chi connectivity index (χ1n) is 5.93. The number of halogens is 2. The van der Waals surface area contributed by atoms with Crippen molar-refractivity contribution in [1.29, 1.82) is 0 Å². The Morgan fingerprint density at radius 3 is 2.63 bits per heavy atom. The summed E-state index contributed by atoms with van der Waals surface area (Å²) in [6, 6.07) is 3.91. The van der Waals surface area contributed by atoms with Crippen molar-refractivity contribution >= 4 is 23.4 Å². The molecule has 0 aromatic heterocycles. The molecule has 2 atom stereocenters. The number of rotatable bonds is 2. The van der Waals surface area contributed by atoms with E-state index in [0.29, 0.717) is 6.54 Å². The molecule has 19 heavy (non-hydrogen) atoms. The number of nitrogens with two attached hydrogens (primary N) is 1. The highest BCUT2D eigenvalue weighted by atomic mass is 35.5. The number of amides is 2. The van der Waals surface area contributed by atoms with Crippen molar-refractivity contribution in [3.8, 4) is 0 Å². The van der Waals surface area contributed by atoms with Gasteiger partial charge in [-0.1, -0.05) is 18.5 Å². The molecule has 2 amide bonds. The van der Waals surface area contributed by atoms with Crippen LogP contribution in [-0.2, 0) is 4.79 Å². The predicted molar refractivity (Wildman–Crippen MR) is 69.2 cm³/mol. The molecule has 1 saturated heterocycles. The largest absolute Gasteiger partial charge is 0.369 e. The van der Waals surface area contributed by atoms with Crippen molar-refractivity contribution in [2.45, 2.75) is 6.92 Å². The highest BCUT2D eigenvalue weighted by Crippen LogP contribution is 2.25. The SMILES string of the molecule is C[C@@H]1CN(C(=O)c2ccc(Cl)cc2F)C[C@H]1C(N)=O. The lowest BCUT2D eigenvalue weighted by atomic mass is 9.98. The Labute approximate surface area is 115 Å². The summed E-state index contributed by atoms with van der Waals surface area (Å²) >= 11 is 5.64. The minimum absolute atomic E-state index is 0.0168. The maximum atomic E-state index is 13.7. The normalized spacial score (nSPS) is 22.6.